The van der Waals surface area contributed by atoms with Crippen molar-refractivity contribution in [1.29, 1.82) is 0 Å². The number of likely N-dealkylation sites (tertiary alicyclic amines) is 2. The van der Waals surface area contributed by atoms with Gasteiger partial charge in [-0.1, -0.05) is 12.1 Å². The molecule has 2 N–H and O–H groups in total. The molecule has 0 unspecified atom stereocenters. The predicted octanol–water partition coefficient (Wildman–Crippen LogP) is 0.859. The maximum Gasteiger partial charge on any atom is 0.244 e. The lowest BCUT2D eigenvalue weighted by atomic mass is 10.0. The van der Waals surface area contributed by atoms with Crippen molar-refractivity contribution >= 4 is 10.0 Å². The highest BCUT2D eigenvalue weighted by molar-refractivity contribution is 7.89. The zero-order valence-electron chi connectivity index (χ0n) is 20.4. The maximum absolute atomic E-state index is 13.2. The third kappa shape index (κ3) is 5.37. The summed E-state index contributed by atoms with van der Waals surface area (Å²) in [6.45, 7) is 4.03. The van der Waals surface area contributed by atoms with E-state index >= 15 is 0 Å². The topological polar surface area (TPSA) is 98.2 Å². The average Bonchev–Trinajstić information content (AvgIpc) is 3.27. The Bertz CT molecular complexity index is 1120. The number of sulfonamides is 1. The van der Waals surface area contributed by atoms with E-state index < -0.39 is 16.1 Å². The molecule has 0 radical (unpaired) electrons. The number of ether oxygens (including phenoxy) is 1. The van der Waals surface area contributed by atoms with Crippen LogP contribution in [0.3, 0.4) is 0 Å². The van der Waals surface area contributed by atoms with Crippen LogP contribution in [0.15, 0.2) is 47.6 Å². The number of nitrogens with one attached hydrogen (secondary N) is 1. The van der Waals surface area contributed by atoms with Crippen molar-refractivity contribution in [2.24, 2.45) is 0 Å². The number of benzene rings is 1. The normalized spacial score (nSPS) is 29.1. The summed E-state index contributed by atoms with van der Waals surface area (Å²) in [6, 6.07) is 9.49. The lowest BCUT2D eigenvalue weighted by Crippen LogP contribution is -2.48. The molecule has 4 heterocycles. The first-order valence-corrected chi connectivity index (χ1v) is 13.8. The van der Waals surface area contributed by atoms with Crippen molar-refractivity contribution in [3.63, 3.8) is 0 Å². The fourth-order valence-corrected chi connectivity index (χ4v) is 6.68. The number of rotatable bonds is 2. The number of fused-ring (bicyclic) bond motifs is 2. The molecule has 9 nitrogen and oxygen atoms in total. The SMILES string of the molecule is CN1CCC(N2C[C@@H]3Oc4cc(-c5cccnc5)ccc4S(=O)(=O)NC[C@H](O)CN(C)[C@@H]3C2)CC1. The van der Waals surface area contributed by atoms with Crippen LogP contribution in [-0.4, -0.2) is 111 Å². The van der Waals surface area contributed by atoms with Gasteiger partial charge in [0, 0.05) is 50.2 Å². The fraction of sp³-hybridized carbons (Fsp3) is 0.560. The number of hydrogen-bond donors (Lipinski definition) is 2. The number of nitrogens with zero attached hydrogens (tertiary/aromatic N) is 4. The Morgan fingerprint density at radius 2 is 1.89 bits per heavy atom. The molecular formula is C25H35N5O4S. The van der Waals surface area contributed by atoms with E-state index in [2.05, 4.69) is 31.5 Å². The minimum Gasteiger partial charge on any atom is -0.486 e. The first kappa shape index (κ1) is 24.6. The smallest absolute Gasteiger partial charge is 0.244 e. The summed E-state index contributed by atoms with van der Waals surface area (Å²) in [4.78, 5) is 11.3. The zero-order chi connectivity index (χ0) is 24.6. The summed E-state index contributed by atoms with van der Waals surface area (Å²) in [5, 5.41) is 10.6. The Balaban J connectivity index is 1.50. The van der Waals surface area contributed by atoms with Gasteiger partial charge >= 0.3 is 0 Å². The van der Waals surface area contributed by atoms with Gasteiger partial charge in [-0.2, -0.15) is 0 Å². The number of likely N-dealkylation sites (N-methyl/N-ethyl adjacent to an activating group) is 1. The lowest BCUT2D eigenvalue weighted by Gasteiger charge is -2.35. The van der Waals surface area contributed by atoms with Gasteiger partial charge in [0.2, 0.25) is 10.0 Å². The Hall–Kier alpha value is -2.08. The maximum atomic E-state index is 13.2. The van der Waals surface area contributed by atoms with Gasteiger partial charge in [0.05, 0.1) is 12.1 Å². The monoisotopic (exact) mass is 501 g/mol. The molecule has 0 saturated carbocycles. The van der Waals surface area contributed by atoms with E-state index in [1.807, 2.05) is 19.2 Å². The number of hydrogen-bond acceptors (Lipinski definition) is 8. The predicted molar refractivity (Wildman–Crippen MR) is 134 cm³/mol. The van der Waals surface area contributed by atoms with E-state index in [0.717, 1.165) is 50.1 Å². The van der Waals surface area contributed by atoms with Crippen LogP contribution in [0.25, 0.3) is 11.1 Å². The Kier molecular flexibility index (Phi) is 7.11. The van der Waals surface area contributed by atoms with Gasteiger partial charge in [0.1, 0.15) is 16.7 Å². The molecule has 10 heteroatoms. The molecule has 0 spiro atoms. The van der Waals surface area contributed by atoms with Crippen LogP contribution in [0.1, 0.15) is 12.8 Å². The van der Waals surface area contributed by atoms with Crippen LogP contribution in [0.5, 0.6) is 5.75 Å². The molecule has 35 heavy (non-hydrogen) atoms. The standard InChI is InChI=1S/C25H35N5O4S/c1-28-10-7-20(8-11-28)30-16-22-24(17-30)34-23-12-18(19-4-3-9-26-13-19)5-6-25(23)35(32,33)27-14-21(31)15-29(22)2/h3-6,9,12-13,20-22,24,27,31H,7-8,10-11,14-17H2,1-2H3/t21-,22+,24-/m0/s1. The lowest BCUT2D eigenvalue weighted by molar-refractivity contribution is 0.0712. The average molecular weight is 502 g/mol. The third-order valence-corrected chi connectivity index (χ3v) is 9.01. The molecule has 1 aromatic carbocycles. The van der Waals surface area contributed by atoms with E-state index in [1.54, 1.807) is 30.6 Å². The van der Waals surface area contributed by atoms with Gasteiger partial charge < -0.3 is 14.7 Å². The second kappa shape index (κ2) is 10.1. The van der Waals surface area contributed by atoms with Crippen LogP contribution in [0, 0.1) is 0 Å². The Labute approximate surface area is 207 Å². The van der Waals surface area contributed by atoms with Gasteiger partial charge in [-0.3, -0.25) is 14.8 Å². The van der Waals surface area contributed by atoms with Gasteiger partial charge in [0.15, 0.2) is 0 Å². The van der Waals surface area contributed by atoms with Crippen LogP contribution >= 0.6 is 0 Å². The second-order valence-electron chi connectivity index (χ2n) is 10.1. The molecule has 0 aliphatic carbocycles. The van der Waals surface area contributed by atoms with Crippen molar-refractivity contribution < 1.29 is 18.3 Å². The highest BCUT2D eigenvalue weighted by atomic mass is 32.2. The molecule has 5 rings (SSSR count). The van der Waals surface area contributed by atoms with Crippen LogP contribution < -0.4 is 9.46 Å². The number of β-amino-alcohol motifs (C(OH)–C–C–N with tert-alkyl or cyclic N) is 1. The van der Waals surface area contributed by atoms with Crippen molar-refractivity contribution in [2.75, 3.05) is 53.4 Å². The molecule has 3 atom stereocenters. The van der Waals surface area contributed by atoms with Crippen molar-refractivity contribution in [2.45, 2.75) is 42.0 Å². The first-order valence-electron chi connectivity index (χ1n) is 12.3. The molecular weight excluding hydrogens is 466 g/mol. The molecule has 3 aliphatic heterocycles. The highest BCUT2D eigenvalue weighted by Crippen LogP contribution is 2.34. The zero-order valence-corrected chi connectivity index (χ0v) is 21.2. The molecule has 2 fully saturated rings. The van der Waals surface area contributed by atoms with Gasteiger partial charge in [-0.15, -0.1) is 0 Å². The quantitative estimate of drug-likeness (QED) is 0.626. The van der Waals surface area contributed by atoms with Crippen LogP contribution in [-0.2, 0) is 10.0 Å². The fourth-order valence-electron chi connectivity index (χ4n) is 5.50. The molecule has 0 bridgehead atoms. The van der Waals surface area contributed by atoms with Crippen LogP contribution in [0.2, 0.25) is 0 Å². The number of aliphatic hydroxyl groups excluding tert-OH is 1. The molecule has 1 aromatic heterocycles. The van der Waals surface area contributed by atoms with Crippen molar-refractivity contribution in [1.82, 2.24) is 24.4 Å². The number of aliphatic hydroxyl groups is 1. The molecule has 3 aliphatic rings. The van der Waals surface area contributed by atoms with E-state index in [9.17, 15) is 13.5 Å². The number of aromatic nitrogens is 1. The van der Waals surface area contributed by atoms with Crippen molar-refractivity contribution in [3.8, 4) is 16.9 Å². The molecule has 2 saturated heterocycles. The Morgan fingerprint density at radius 1 is 1.09 bits per heavy atom. The molecule has 190 valence electrons. The van der Waals surface area contributed by atoms with E-state index in [4.69, 9.17) is 4.74 Å². The summed E-state index contributed by atoms with van der Waals surface area (Å²) in [6.07, 6.45) is 4.66. The summed E-state index contributed by atoms with van der Waals surface area (Å²) >= 11 is 0. The molecule has 0 amide bonds. The van der Waals surface area contributed by atoms with Crippen LogP contribution in [0.4, 0.5) is 0 Å². The van der Waals surface area contributed by atoms with Gasteiger partial charge in [-0.05, 0) is 63.8 Å². The molecule has 2 aromatic rings. The first-order chi connectivity index (χ1) is 16.8. The van der Waals surface area contributed by atoms with E-state index in [0.29, 0.717) is 18.3 Å². The minimum absolute atomic E-state index is 0.0417. The van der Waals surface area contributed by atoms with E-state index in [1.165, 1.54) is 0 Å². The summed E-state index contributed by atoms with van der Waals surface area (Å²) in [5.41, 5.74) is 1.74. The minimum atomic E-state index is -3.86. The van der Waals surface area contributed by atoms with Gasteiger partial charge in [-0.25, -0.2) is 13.1 Å². The second-order valence-corrected chi connectivity index (χ2v) is 11.8. The third-order valence-electron chi connectivity index (χ3n) is 7.55. The number of piperidine rings is 1. The summed E-state index contributed by atoms with van der Waals surface area (Å²) in [7, 11) is 0.284. The summed E-state index contributed by atoms with van der Waals surface area (Å²) in [5.74, 6) is 0.337. The Morgan fingerprint density at radius 3 is 2.63 bits per heavy atom. The van der Waals surface area contributed by atoms with Gasteiger partial charge in [0.25, 0.3) is 0 Å². The van der Waals surface area contributed by atoms with Crippen molar-refractivity contribution in [3.05, 3.63) is 42.7 Å². The largest absolute Gasteiger partial charge is 0.486 e. The summed E-state index contributed by atoms with van der Waals surface area (Å²) < 4.78 is 35.5. The van der Waals surface area contributed by atoms with E-state index in [-0.39, 0.29) is 23.6 Å². The highest BCUT2D eigenvalue weighted by Gasteiger charge is 2.41. The number of pyridine rings is 1.